The van der Waals surface area contributed by atoms with Gasteiger partial charge in [-0.05, 0) is 83.6 Å². The first-order chi connectivity index (χ1) is 21.3. The summed E-state index contributed by atoms with van der Waals surface area (Å²) >= 11 is 0. The molecule has 0 saturated carbocycles. The number of amides is 4. The summed E-state index contributed by atoms with van der Waals surface area (Å²) in [5.41, 5.74) is 15.3. The minimum atomic E-state index is -0.331. The zero-order valence-corrected chi connectivity index (χ0v) is 23.3. The molecule has 0 radical (unpaired) electrons. The lowest BCUT2D eigenvalue weighted by atomic mass is 10.1. The largest absolute Gasteiger partial charge is 0.351 e. The third-order valence-electron chi connectivity index (χ3n) is 7.03. The van der Waals surface area contributed by atoms with E-state index in [2.05, 4.69) is 31.2 Å². The van der Waals surface area contributed by atoms with Crippen LogP contribution in [0.2, 0.25) is 0 Å². The molecule has 2 heterocycles. The van der Waals surface area contributed by atoms with Gasteiger partial charge in [-0.2, -0.15) is 0 Å². The number of nitrogens with one attached hydrogen (secondary N) is 6. The van der Waals surface area contributed by atoms with E-state index in [1.807, 2.05) is 24.3 Å². The maximum Gasteiger partial charge on any atom is 0.272 e. The number of rotatable bonds is 8. The Morgan fingerprint density at radius 3 is 1.30 bits per heavy atom. The van der Waals surface area contributed by atoms with Crippen LogP contribution in [0.15, 0.2) is 84.9 Å². The fourth-order valence-corrected chi connectivity index (χ4v) is 4.89. The van der Waals surface area contributed by atoms with Gasteiger partial charge in [0.05, 0.1) is 13.1 Å². The van der Waals surface area contributed by atoms with Crippen LogP contribution in [0.1, 0.15) is 21.0 Å². The Balaban J connectivity index is 1.16. The van der Waals surface area contributed by atoms with Gasteiger partial charge in [0.2, 0.25) is 11.8 Å². The average molecular weight is 589 g/mol. The fraction of sp³-hybridized carbons (Fsp3) is 0.0625. The van der Waals surface area contributed by atoms with E-state index in [4.69, 9.17) is 11.5 Å². The van der Waals surface area contributed by atoms with E-state index in [1.54, 1.807) is 60.7 Å². The number of fused-ring (bicyclic) bond motifs is 3. The smallest absolute Gasteiger partial charge is 0.272 e. The predicted octanol–water partition coefficient (Wildman–Crippen LogP) is 4.10. The Kier molecular flexibility index (Phi) is 7.50. The van der Waals surface area contributed by atoms with Crippen LogP contribution >= 0.6 is 0 Å². The van der Waals surface area contributed by atoms with E-state index in [-0.39, 0.29) is 36.7 Å². The van der Waals surface area contributed by atoms with Gasteiger partial charge in [0.25, 0.3) is 11.8 Å². The van der Waals surface area contributed by atoms with Gasteiger partial charge in [-0.1, -0.05) is 12.1 Å². The minimum absolute atomic E-state index is 0.123. The van der Waals surface area contributed by atoms with Crippen LogP contribution in [0.25, 0.3) is 32.6 Å². The number of hydrogen-bond acceptors (Lipinski definition) is 6. The van der Waals surface area contributed by atoms with Crippen molar-refractivity contribution in [2.24, 2.45) is 11.5 Å². The van der Waals surface area contributed by atoms with Crippen molar-refractivity contribution in [3.63, 3.8) is 0 Å². The number of hydrogen-bond donors (Lipinski definition) is 8. The van der Waals surface area contributed by atoms with Crippen LogP contribution in [0, 0.1) is 0 Å². The van der Waals surface area contributed by atoms with Crippen molar-refractivity contribution in [3.8, 4) is 0 Å². The van der Waals surface area contributed by atoms with Crippen molar-refractivity contribution >= 4 is 79.0 Å². The highest BCUT2D eigenvalue weighted by molar-refractivity contribution is 6.09. The first-order valence-corrected chi connectivity index (χ1v) is 13.7. The van der Waals surface area contributed by atoms with Gasteiger partial charge in [0.15, 0.2) is 0 Å². The number of benzene rings is 4. The average Bonchev–Trinajstić information content (AvgIpc) is 3.65. The van der Waals surface area contributed by atoms with Crippen molar-refractivity contribution in [3.05, 3.63) is 96.3 Å². The summed E-state index contributed by atoms with van der Waals surface area (Å²) in [6.07, 6.45) is 0. The molecule has 6 aromatic rings. The fourth-order valence-electron chi connectivity index (χ4n) is 4.89. The van der Waals surface area contributed by atoms with Crippen molar-refractivity contribution in [1.29, 1.82) is 0 Å². The van der Waals surface area contributed by atoms with Gasteiger partial charge in [-0.3, -0.25) is 19.2 Å². The standard InChI is InChI=1S/C32H28N8O4/c33-15-29(41)35-21-5-7-25-19(11-21)13-27(39-25)31(43)37-23-3-1-17-2-4-24(10-18(17)9-23)38-32(44)28-14-20-12-22(36-30(42)16-34)6-8-26(20)40-28/h1-14,39-40H,15-16,33-34H2,(H,35,41)(H,36,42)(H,37,43)(H,38,44). The van der Waals surface area contributed by atoms with Crippen LogP contribution < -0.4 is 32.7 Å². The van der Waals surface area contributed by atoms with Crippen molar-refractivity contribution < 1.29 is 19.2 Å². The lowest BCUT2D eigenvalue weighted by Gasteiger charge is -2.08. The van der Waals surface area contributed by atoms with Crippen LogP contribution in [0.4, 0.5) is 22.7 Å². The third-order valence-corrected chi connectivity index (χ3v) is 7.03. The van der Waals surface area contributed by atoms with E-state index < -0.39 is 0 Å². The zero-order chi connectivity index (χ0) is 30.8. The number of nitrogens with two attached hydrogens (primary N) is 2. The lowest BCUT2D eigenvalue weighted by molar-refractivity contribution is -0.115. The molecular weight excluding hydrogens is 560 g/mol. The van der Waals surface area contributed by atoms with E-state index in [0.717, 1.165) is 32.6 Å². The molecule has 0 aliphatic heterocycles. The molecule has 0 atom stereocenters. The number of aromatic amines is 2. The summed E-state index contributed by atoms with van der Waals surface area (Å²) in [6, 6.07) is 25.0. The Hall–Kier alpha value is -5.98. The quantitative estimate of drug-likeness (QED) is 0.132. The Morgan fingerprint density at radius 1 is 0.477 bits per heavy atom. The normalized spacial score (nSPS) is 11.0. The highest BCUT2D eigenvalue weighted by Crippen LogP contribution is 2.26. The van der Waals surface area contributed by atoms with E-state index >= 15 is 0 Å². The van der Waals surface area contributed by atoms with E-state index in [9.17, 15) is 19.2 Å². The number of anilines is 4. The molecule has 12 heteroatoms. The van der Waals surface area contributed by atoms with Crippen LogP contribution in [-0.2, 0) is 9.59 Å². The van der Waals surface area contributed by atoms with Gasteiger partial charge < -0.3 is 42.7 Å². The van der Waals surface area contributed by atoms with Gasteiger partial charge >= 0.3 is 0 Å². The summed E-state index contributed by atoms with van der Waals surface area (Å²) in [7, 11) is 0. The van der Waals surface area contributed by atoms with Gasteiger partial charge in [-0.25, -0.2) is 0 Å². The molecule has 0 bridgehead atoms. The summed E-state index contributed by atoms with van der Waals surface area (Å²) in [4.78, 5) is 55.5. The van der Waals surface area contributed by atoms with Crippen LogP contribution in [0.3, 0.4) is 0 Å². The Bertz CT molecular complexity index is 1950. The number of carbonyl (C=O) groups is 4. The minimum Gasteiger partial charge on any atom is -0.351 e. The Morgan fingerprint density at radius 2 is 0.864 bits per heavy atom. The molecule has 0 aliphatic rings. The summed E-state index contributed by atoms with van der Waals surface area (Å²) in [5.74, 6) is -1.27. The molecule has 220 valence electrons. The molecule has 0 spiro atoms. The molecule has 2 aromatic heterocycles. The van der Waals surface area contributed by atoms with Gasteiger partial charge in [0.1, 0.15) is 11.4 Å². The number of aromatic nitrogens is 2. The third kappa shape index (κ3) is 5.97. The topological polar surface area (TPSA) is 200 Å². The second-order valence-electron chi connectivity index (χ2n) is 10.2. The van der Waals surface area contributed by atoms with Crippen molar-refractivity contribution in [1.82, 2.24) is 9.97 Å². The van der Waals surface area contributed by atoms with Gasteiger partial charge in [0, 0.05) is 44.6 Å². The highest BCUT2D eigenvalue weighted by atomic mass is 16.2. The molecule has 4 aromatic carbocycles. The maximum atomic E-state index is 13.0. The molecule has 6 rings (SSSR count). The number of carbonyl (C=O) groups excluding carboxylic acids is 4. The molecule has 0 fully saturated rings. The number of H-pyrrole nitrogens is 2. The highest BCUT2D eigenvalue weighted by Gasteiger charge is 2.13. The molecule has 0 aliphatic carbocycles. The van der Waals surface area contributed by atoms with Gasteiger partial charge in [-0.15, -0.1) is 0 Å². The lowest BCUT2D eigenvalue weighted by Crippen LogP contribution is -2.21. The predicted molar refractivity (Wildman–Crippen MR) is 172 cm³/mol. The second kappa shape index (κ2) is 11.7. The molecule has 44 heavy (non-hydrogen) atoms. The second-order valence-corrected chi connectivity index (χ2v) is 10.2. The zero-order valence-electron chi connectivity index (χ0n) is 23.3. The van der Waals surface area contributed by atoms with Crippen LogP contribution in [-0.4, -0.2) is 46.7 Å². The molecule has 0 saturated heterocycles. The van der Waals surface area contributed by atoms with Crippen molar-refractivity contribution in [2.45, 2.75) is 0 Å². The molecule has 12 nitrogen and oxygen atoms in total. The molecule has 4 amide bonds. The van der Waals surface area contributed by atoms with Crippen molar-refractivity contribution in [2.75, 3.05) is 34.4 Å². The molecular formula is C32H28N8O4. The first-order valence-electron chi connectivity index (χ1n) is 13.7. The maximum absolute atomic E-state index is 13.0. The summed E-state index contributed by atoms with van der Waals surface area (Å²) < 4.78 is 0. The molecule has 10 N–H and O–H groups in total. The summed E-state index contributed by atoms with van der Waals surface area (Å²) in [5, 5.41) is 14.5. The van der Waals surface area contributed by atoms with E-state index in [0.29, 0.717) is 34.1 Å². The SMILES string of the molecule is NCC(=O)Nc1ccc2[nH]c(C(=O)Nc3ccc4ccc(NC(=O)c5cc6cc(NC(=O)CN)ccc6[nH]5)cc4c3)cc2c1. The van der Waals surface area contributed by atoms with E-state index in [1.165, 1.54) is 0 Å². The first kappa shape index (κ1) is 28.2. The monoisotopic (exact) mass is 588 g/mol. The Labute approximate surface area is 250 Å². The summed E-state index contributed by atoms with van der Waals surface area (Å²) in [6.45, 7) is -0.245. The molecule has 0 unspecified atom stereocenters. The van der Waals surface area contributed by atoms with Crippen LogP contribution in [0.5, 0.6) is 0 Å².